The molecule has 0 fully saturated rings. The van der Waals surface area contributed by atoms with Crippen LogP contribution in [-0.2, 0) is 9.53 Å². The van der Waals surface area contributed by atoms with Gasteiger partial charge >= 0.3 is 5.97 Å². The van der Waals surface area contributed by atoms with Crippen molar-refractivity contribution in [3.63, 3.8) is 0 Å². The third kappa shape index (κ3) is 20.8. The van der Waals surface area contributed by atoms with Crippen molar-refractivity contribution >= 4 is 5.97 Å². The molecule has 0 bridgehead atoms. The van der Waals surface area contributed by atoms with Gasteiger partial charge in [-0.15, -0.1) is 0 Å². The van der Waals surface area contributed by atoms with Crippen molar-refractivity contribution in [1.29, 1.82) is 0 Å². The summed E-state index contributed by atoms with van der Waals surface area (Å²) < 4.78 is 4.86. The second-order valence-electron chi connectivity index (χ2n) is 6.83. The van der Waals surface area contributed by atoms with Gasteiger partial charge < -0.3 is 14.9 Å². The molecule has 0 aliphatic carbocycles. The molecule has 0 amide bonds. The molecule has 4 heteroatoms. The van der Waals surface area contributed by atoms with Gasteiger partial charge in [-0.1, -0.05) is 75.5 Å². The number of hydrogen-bond donors (Lipinski definition) is 2. The molecule has 0 saturated heterocycles. The number of aliphatic hydroxyl groups is 2. The standard InChI is InChI=1S/C23H40O4/c1-2-3-4-5-6-7-8-9-10-11-12-13-14-15-16-17-18-19-23(26)27-21-22(25)20-24/h3-4,6-7,9-10,22,24-25H,2,5,8,11-21H2,1H3/t22-/m0/s1. The van der Waals surface area contributed by atoms with E-state index in [0.29, 0.717) is 6.42 Å². The lowest BCUT2D eigenvalue weighted by Crippen LogP contribution is -2.21. The Morgan fingerprint density at radius 3 is 2.04 bits per heavy atom. The third-order valence-corrected chi connectivity index (χ3v) is 4.18. The smallest absolute Gasteiger partial charge is 0.305 e. The molecule has 0 saturated carbocycles. The lowest BCUT2D eigenvalue weighted by atomic mass is 10.1. The minimum Gasteiger partial charge on any atom is -0.463 e. The molecule has 0 aliphatic heterocycles. The Morgan fingerprint density at radius 2 is 1.41 bits per heavy atom. The van der Waals surface area contributed by atoms with Gasteiger partial charge in [0.25, 0.3) is 0 Å². The van der Waals surface area contributed by atoms with Crippen LogP contribution in [-0.4, -0.2) is 35.5 Å². The summed E-state index contributed by atoms with van der Waals surface area (Å²) in [5.74, 6) is -0.290. The van der Waals surface area contributed by atoms with Crippen LogP contribution in [0, 0.1) is 0 Å². The Labute approximate surface area is 166 Å². The summed E-state index contributed by atoms with van der Waals surface area (Å²) in [4.78, 5) is 11.4. The molecule has 0 unspecified atom stereocenters. The highest BCUT2D eigenvalue weighted by molar-refractivity contribution is 5.69. The number of carbonyl (C=O) groups excluding carboxylic acids is 1. The minimum atomic E-state index is -0.965. The monoisotopic (exact) mass is 380 g/mol. The van der Waals surface area contributed by atoms with E-state index < -0.39 is 6.10 Å². The molecule has 0 spiro atoms. The highest BCUT2D eigenvalue weighted by Crippen LogP contribution is 2.10. The predicted octanol–water partition coefficient (Wildman–Crippen LogP) is 5.25. The maximum atomic E-state index is 11.4. The molecule has 156 valence electrons. The predicted molar refractivity (Wildman–Crippen MR) is 113 cm³/mol. The van der Waals surface area contributed by atoms with Crippen molar-refractivity contribution in [1.82, 2.24) is 0 Å². The highest BCUT2D eigenvalue weighted by atomic mass is 16.5. The Bertz CT molecular complexity index is 413. The summed E-state index contributed by atoms with van der Waals surface area (Å²) in [5.41, 5.74) is 0. The van der Waals surface area contributed by atoms with Crippen molar-refractivity contribution in [2.45, 2.75) is 90.1 Å². The fourth-order valence-corrected chi connectivity index (χ4v) is 2.56. The quantitative estimate of drug-likeness (QED) is 0.193. The van der Waals surface area contributed by atoms with Crippen molar-refractivity contribution in [2.24, 2.45) is 0 Å². The van der Waals surface area contributed by atoms with Crippen molar-refractivity contribution in [3.05, 3.63) is 36.5 Å². The number of unbranched alkanes of at least 4 members (excludes halogenated alkanes) is 7. The molecule has 0 radical (unpaired) electrons. The van der Waals surface area contributed by atoms with E-state index in [4.69, 9.17) is 14.9 Å². The first-order valence-electron chi connectivity index (χ1n) is 10.6. The van der Waals surface area contributed by atoms with E-state index in [1.807, 2.05) is 0 Å². The summed E-state index contributed by atoms with van der Waals surface area (Å²) in [6.07, 6.45) is 25.2. The first-order chi connectivity index (χ1) is 13.2. The number of aliphatic hydroxyl groups excluding tert-OH is 2. The van der Waals surface area contributed by atoms with E-state index in [-0.39, 0.29) is 19.2 Å². The van der Waals surface area contributed by atoms with Crippen molar-refractivity contribution in [2.75, 3.05) is 13.2 Å². The second kappa shape index (κ2) is 20.9. The molecule has 0 rings (SSSR count). The van der Waals surface area contributed by atoms with E-state index in [2.05, 4.69) is 43.4 Å². The Morgan fingerprint density at radius 1 is 0.852 bits per heavy atom. The van der Waals surface area contributed by atoms with Gasteiger partial charge in [0.05, 0.1) is 6.61 Å². The fraction of sp³-hybridized carbons (Fsp3) is 0.696. The number of rotatable bonds is 18. The van der Waals surface area contributed by atoms with Crippen LogP contribution in [0.5, 0.6) is 0 Å². The summed E-state index contributed by atoms with van der Waals surface area (Å²) in [6, 6.07) is 0. The average molecular weight is 381 g/mol. The zero-order valence-corrected chi connectivity index (χ0v) is 17.2. The van der Waals surface area contributed by atoms with E-state index in [1.165, 1.54) is 25.7 Å². The van der Waals surface area contributed by atoms with E-state index in [0.717, 1.165) is 44.9 Å². The highest BCUT2D eigenvalue weighted by Gasteiger charge is 2.07. The third-order valence-electron chi connectivity index (χ3n) is 4.18. The van der Waals surface area contributed by atoms with Crippen LogP contribution in [0.4, 0.5) is 0 Å². The van der Waals surface area contributed by atoms with Crippen molar-refractivity contribution in [3.8, 4) is 0 Å². The molecule has 0 heterocycles. The lowest BCUT2D eigenvalue weighted by molar-refractivity contribution is -0.147. The maximum Gasteiger partial charge on any atom is 0.305 e. The zero-order chi connectivity index (χ0) is 20.0. The fourth-order valence-electron chi connectivity index (χ4n) is 2.56. The molecular weight excluding hydrogens is 340 g/mol. The second-order valence-corrected chi connectivity index (χ2v) is 6.83. The van der Waals surface area contributed by atoms with Gasteiger partial charge in [-0.3, -0.25) is 4.79 Å². The Balaban J connectivity index is 3.30. The average Bonchev–Trinajstić information content (AvgIpc) is 2.68. The van der Waals surface area contributed by atoms with Crippen molar-refractivity contribution < 1.29 is 19.7 Å². The molecule has 1 atom stereocenters. The summed E-state index contributed by atoms with van der Waals surface area (Å²) in [5, 5.41) is 17.7. The van der Waals surface area contributed by atoms with Gasteiger partial charge in [0.15, 0.2) is 0 Å². The number of carbonyl (C=O) groups is 1. The lowest BCUT2D eigenvalue weighted by Gasteiger charge is -2.08. The van der Waals surface area contributed by atoms with Gasteiger partial charge in [-0.05, 0) is 38.5 Å². The molecule has 4 nitrogen and oxygen atoms in total. The molecular formula is C23H40O4. The molecule has 0 aromatic carbocycles. The first-order valence-corrected chi connectivity index (χ1v) is 10.6. The van der Waals surface area contributed by atoms with Gasteiger partial charge in [-0.25, -0.2) is 0 Å². The van der Waals surface area contributed by atoms with Gasteiger partial charge in [0, 0.05) is 6.42 Å². The van der Waals surface area contributed by atoms with E-state index in [1.54, 1.807) is 0 Å². The first kappa shape index (κ1) is 25.6. The molecule has 2 N–H and O–H groups in total. The van der Waals surface area contributed by atoms with Gasteiger partial charge in [0.2, 0.25) is 0 Å². The van der Waals surface area contributed by atoms with Crippen LogP contribution in [0.15, 0.2) is 36.5 Å². The molecule has 27 heavy (non-hydrogen) atoms. The molecule has 0 aliphatic rings. The normalized spacial score (nSPS) is 13.1. The minimum absolute atomic E-state index is 0.115. The number of allylic oxidation sites excluding steroid dienone is 6. The van der Waals surface area contributed by atoms with Crippen LogP contribution in [0.2, 0.25) is 0 Å². The maximum absolute atomic E-state index is 11.4. The zero-order valence-electron chi connectivity index (χ0n) is 17.2. The van der Waals surface area contributed by atoms with Gasteiger partial charge in [-0.2, -0.15) is 0 Å². The largest absolute Gasteiger partial charge is 0.463 e. The van der Waals surface area contributed by atoms with Gasteiger partial charge in [0.1, 0.15) is 12.7 Å². The SMILES string of the molecule is CCC=CCC=CCC=CCCCCCCCCCC(=O)OC[C@@H](O)CO. The summed E-state index contributed by atoms with van der Waals surface area (Å²) in [6.45, 7) is 1.66. The van der Waals surface area contributed by atoms with Crippen LogP contribution in [0.3, 0.4) is 0 Å². The van der Waals surface area contributed by atoms with Crippen LogP contribution in [0.1, 0.15) is 84.0 Å². The van der Waals surface area contributed by atoms with Crippen LogP contribution >= 0.6 is 0 Å². The Hall–Kier alpha value is -1.39. The number of ether oxygens (including phenoxy) is 1. The summed E-state index contributed by atoms with van der Waals surface area (Å²) >= 11 is 0. The van der Waals surface area contributed by atoms with Crippen LogP contribution < -0.4 is 0 Å². The molecule has 0 aromatic rings. The topological polar surface area (TPSA) is 66.8 Å². The van der Waals surface area contributed by atoms with Crippen LogP contribution in [0.25, 0.3) is 0 Å². The molecule has 0 aromatic heterocycles. The Kier molecular flexibility index (Phi) is 19.8. The summed E-state index contributed by atoms with van der Waals surface area (Å²) in [7, 11) is 0. The number of hydrogen-bond acceptors (Lipinski definition) is 4. The number of esters is 1. The van der Waals surface area contributed by atoms with E-state index in [9.17, 15) is 4.79 Å². The van der Waals surface area contributed by atoms with E-state index >= 15 is 0 Å².